The van der Waals surface area contributed by atoms with Crippen molar-refractivity contribution in [3.05, 3.63) is 50.6 Å². The second kappa shape index (κ2) is 12.0. The van der Waals surface area contributed by atoms with Crippen molar-refractivity contribution >= 4 is 45.7 Å². The van der Waals surface area contributed by atoms with Crippen molar-refractivity contribution in [1.29, 1.82) is 0 Å². The molecule has 0 unspecified atom stereocenters. The lowest BCUT2D eigenvalue weighted by molar-refractivity contribution is 0.0922. The van der Waals surface area contributed by atoms with E-state index in [1.165, 1.54) is 48.3 Å². The molecule has 1 saturated carbocycles. The van der Waals surface area contributed by atoms with Crippen LogP contribution in [0.3, 0.4) is 0 Å². The van der Waals surface area contributed by atoms with Crippen LogP contribution in [0.15, 0.2) is 24.3 Å². The SMILES string of the molecule is CCCCN1CCc2nc(C(N)=O)sc2C1.O=C(NC1CCCCC1)c1cc2cc(Cl)ccc2[nH]1. The summed E-state index contributed by atoms with van der Waals surface area (Å²) in [6.45, 7) is 5.32. The van der Waals surface area contributed by atoms with Gasteiger partial charge in [-0.05, 0) is 50.1 Å². The summed E-state index contributed by atoms with van der Waals surface area (Å²) < 4.78 is 0. The number of rotatable bonds is 6. The van der Waals surface area contributed by atoms with Gasteiger partial charge in [0.25, 0.3) is 11.8 Å². The molecule has 2 aliphatic rings. The van der Waals surface area contributed by atoms with Crippen molar-refractivity contribution in [1.82, 2.24) is 20.2 Å². The Morgan fingerprint density at radius 1 is 1.26 bits per heavy atom. The minimum absolute atomic E-state index is 0.0146. The average molecular weight is 516 g/mol. The fraction of sp³-hybridized carbons (Fsp3) is 0.500. The number of carbonyl (C=O) groups is 2. The van der Waals surface area contributed by atoms with Gasteiger partial charge in [0.1, 0.15) is 5.69 Å². The lowest BCUT2D eigenvalue weighted by Gasteiger charge is -2.25. The van der Waals surface area contributed by atoms with Crippen molar-refractivity contribution in [2.45, 2.75) is 70.9 Å². The van der Waals surface area contributed by atoms with Gasteiger partial charge in [0.15, 0.2) is 5.01 Å². The number of primary amides is 1. The van der Waals surface area contributed by atoms with Gasteiger partial charge in [0.2, 0.25) is 0 Å². The van der Waals surface area contributed by atoms with E-state index < -0.39 is 5.91 Å². The lowest BCUT2D eigenvalue weighted by Crippen LogP contribution is -2.36. The fourth-order valence-corrected chi connectivity index (χ4v) is 5.85. The number of nitrogens with two attached hydrogens (primary N) is 1. The Bertz CT molecular complexity index is 1170. The van der Waals surface area contributed by atoms with Gasteiger partial charge in [0, 0.05) is 46.4 Å². The zero-order valence-corrected chi connectivity index (χ0v) is 21.8. The number of nitrogens with zero attached hydrogens (tertiary/aromatic N) is 2. The first-order valence-electron chi connectivity index (χ1n) is 12.5. The number of thiazole rings is 1. The summed E-state index contributed by atoms with van der Waals surface area (Å²) in [5.74, 6) is -0.418. The molecule has 2 aromatic heterocycles. The molecular formula is C26H34ClN5O2S. The quantitative estimate of drug-likeness (QED) is 0.415. The molecular weight excluding hydrogens is 482 g/mol. The summed E-state index contributed by atoms with van der Waals surface area (Å²) in [5.41, 5.74) is 7.87. The summed E-state index contributed by atoms with van der Waals surface area (Å²) in [6.07, 6.45) is 9.31. The standard InChI is InChI=1S/C15H17ClN2O.C11H17N3OS/c16-11-6-7-13-10(8-11)9-14(18-13)15(19)17-12-4-2-1-3-5-12;1-2-3-5-14-6-4-8-9(7-14)16-11(13-8)10(12)15/h6-9,12,18H,1-5H2,(H,17,19);2-7H2,1H3,(H2,12,15). The molecule has 35 heavy (non-hydrogen) atoms. The highest BCUT2D eigenvalue weighted by Gasteiger charge is 2.21. The second-order valence-corrected chi connectivity index (χ2v) is 10.9. The number of unbranched alkanes of at least 4 members (excludes halogenated alkanes) is 1. The Hall–Kier alpha value is -2.42. The first-order chi connectivity index (χ1) is 16.9. The first-order valence-corrected chi connectivity index (χ1v) is 13.7. The van der Waals surface area contributed by atoms with Crippen molar-refractivity contribution in [3.63, 3.8) is 0 Å². The number of carbonyl (C=O) groups excluding carboxylic acids is 2. The van der Waals surface area contributed by atoms with Crippen LogP contribution in [0.5, 0.6) is 0 Å². The normalized spacial score (nSPS) is 16.4. The van der Waals surface area contributed by atoms with E-state index in [-0.39, 0.29) is 5.91 Å². The van der Waals surface area contributed by atoms with Gasteiger partial charge in [0.05, 0.1) is 5.69 Å². The van der Waals surface area contributed by atoms with Crippen LogP contribution in [-0.4, -0.2) is 45.8 Å². The molecule has 9 heteroatoms. The van der Waals surface area contributed by atoms with Crippen molar-refractivity contribution < 1.29 is 9.59 Å². The molecule has 0 bridgehead atoms. The highest BCUT2D eigenvalue weighted by atomic mass is 35.5. The van der Waals surface area contributed by atoms with Crippen LogP contribution >= 0.6 is 22.9 Å². The van der Waals surface area contributed by atoms with E-state index in [0.717, 1.165) is 55.5 Å². The molecule has 4 N–H and O–H groups in total. The number of nitrogens with one attached hydrogen (secondary N) is 2. The van der Waals surface area contributed by atoms with Crippen LogP contribution in [0, 0.1) is 0 Å². The summed E-state index contributed by atoms with van der Waals surface area (Å²) >= 11 is 7.40. The third-order valence-electron chi connectivity index (χ3n) is 6.62. The molecule has 7 nitrogen and oxygen atoms in total. The second-order valence-electron chi connectivity index (χ2n) is 9.36. The molecule has 3 aromatic rings. The molecule has 0 spiro atoms. The summed E-state index contributed by atoms with van der Waals surface area (Å²) in [5, 5.41) is 5.23. The number of amides is 2. The zero-order chi connectivity index (χ0) is 24.8. The number of halogens is 1. The molecule has 2 amide bonds. The molecule has 0 radical (unpaired) electrons. The highest BCUT2D eigenvalue weighted by Crippen LogP contribution is 2.25. The first kappa shape index (κ1) is 25.7. The molecule has 0 atom stereocenters. The molecule has 3 heterocycles. The Balaban J connectivity index is 0.000000168. The summed E-state index contributed by atoms with van der Waals surface area (Å²) in [4.78, 5) is 34.3. The number of fused-ring (bicyclic) bond motifs is 2. The Morgan fingerprint density at radius 2 is 2.06 bits per heavy atom. The summed E-state index contributed by atoms with van der Waals surface area (Å²) in [6, 6.07) is 7.78. The van der Waals surface area contributed by atoms with Crippen LogP contribution in [-0.2, 0) is 13.0 Å². The van der Waals surface area contributed by atoms with E-state index in [2.05, 4.69) is 27.1 Å². The van der Waals surface area contributed by atoms with Gasteiger partial charge < -0.3 is 16.0 Å². The molecule has 188 valence electrons. The van der Waals surface area contributed by atoms with E-state index in [9.17, 15) is 9.59 Å². The fourth-order valence-electron chi connectivity index (χ4n) is 4.66. The number of hydrogen-bond acceptors (Lipinski definition) is 5. The zero-order valence-electron chi connectivity index (χ0n) is 20.2. The van der Waals surface area contributed by atoms with Crippen LogP contribution in [0.25, 0.3) is 10.9 Å². The Morgan fingerprint density at radius 3 is 2.80 bits per heavy atom. The average Bonchev–Trinajstić information content (AvgIpc) is 3.47. The van der Waals surface area contributed by atoms with Gasteiger partial charge in [-0.15, -0.1) is 11.3 Å². The third kappa shape index (κ3) is 6.84. The monoisotopic (exact) mass is 515 g/mol. The van der Waals surface area contributed by atoms with Crippen molar-refractivity contribution in [3.8, 4) is 0 Å². The van der Waals surface area contributed by atoms with Gasteiger partial charge in [-0.2, -0.15) is 0 Å². The van der Waals surface area contributed by atoms with Crippen LogP contribution in [0.1, 0.15) is 82.7 Å². The minimum Gasteiger partial charge on any atom is -0.364 e. The van der Waals surface area contributed by atoms with E-state index in [1.54, 1.807) is 0 Å². The Kier molecular flexibility index (Phi) is 8.81. The van der Waals surface area contributed by atoms with Crippen LogP contribution < -0.4 is 11.1 Å². The number of benzene rings is 1. The van der Waals surface area contributed by atoms with Gasteiger partial charge in [-0.25, -0.2) is 4.98 Å². The predicted octanol–water partition coefficient (Wildman–Crippen LogP) is 5.28. The maximum atomic E-state index is 12.2. The minimum atomic E-state index is -0.403. The van der Waals surface area contributed by atoms with E-state index in [0.29, 0.717) is 21.8 Å². The van der Waals surface area contributed by atoms with E-state index in [4.69, 9.17) is 17.3 Å². The van der Waals surface area contributed by atoms with Crippen molar-refractivity contribution in [2.75, 3.05) is 13.1 Å². The predicted molar refractivity (Wildman–Crippen MR) is 142 cm³/mol. The topological polar surface area (TPSA) is 104 Å². The van der Waals surface area contributed by atoms with Crippen molar-refractivity contribution in [2.24, 2.45) is 5.73 Å². The number of hydrogen-bond donors (Lipinski definition) is 3. The smallest absolute Gasteiger partial charge is 0.277 e. The Labute approximate surface area is 215 Å². The molecule has 1 aliphatic heterocycles. The molecule has 1 aromatic carbocycles. The van der Waals surface area contributed by atoms with E-state index in [1.807, 2.05) is 24.3 Å². The molecule has 5 rings (SSSR count). The maximum absolute atomic E-state index is 12.2. The van der Waals surface area contributed by atoms with Crippen LogP contribution in [0.4, 0.5) is 0 Å². The third-order valence-corrected chi connectivity index (χ3v) is 7.95. The molecule has 1 fully saturated rings. The largest absolute Gasteiger partial charge is 0.364 e. The van der Waals surface area contributed by atoms with Gasteiger partial charge in [-0.3, -0.25) is 14.5 Å². The number of aromatic nitrogens is 2. The number of aromatic amines is 1. The molecule has 0 saturated heterocycles. The lowest BCUT2D eigenvalue weighted by atomic mass is 9.95. The maximum Gasteiger partial charge on any atom is 0.277 e. The van der Waals surface area contributed by atoms with Gasteiger partial charge >= 0.3 is 0 Å². The van der Waals surface area contributed by atoms with Gasteiger partial charge in [-0.1, -0.05) is 44.2 Å². The van der Waals surface area contributed by atoms with Crippen LogP contribution in [0.2, 0.25) is 5.02 Å². The highest BCUT2D eigenvalue weighted by molar-refractivity contribution is 7.13. The number of H-pyrrole nitrogens is 1. The van der Waals surface area contributed by atoms with E-state index >= 15 is 0 Å². The summed E-state index contributed by atoms with van der Waals surface area (Å²) in [7, 11) is 0. The molecule has 1 aliphatic carbocycles.